The molecule has 3 aromatic rings. The van der Waals surface area contributed by atoms with Gasteiger partial charge in [-0.05, 0) is 68.7 Å². The van der Waals surface area contributed by atoms with Crippen LogP contribution < -0.4 is 5.32 Å². The Morgan fingerprint density at radius 1 is 1.22 bits per heavy atom. The Labute approximate surface area is 156 Å². The van der Waals surface area contributed by atoms with Gasteiger partial charge in [-0.1, -0.05) is 12.5 Å². The lowest BCUT2D eigenvalue weighted by molar-refractivity contribution is -0.122. The summed E-state index contributed by atoms with van der Waals surface area (Å²) in [4.78, 5) is 17.0. The summed E-state index contributed by atoms with van der Waals surface area (Å²) in [5.74, 6) is 0.0582. The first-order valence-electron chi connectivity index (χ1n) is 9.15. The number of benzene rings is 2. The van der Waals surface area contributed by atoms with Gasteiger partial charge in [0.15, 0.2) is 0 Å². The molecule has 1 aliphatic rings. The molecule has 140 valence electrons. The van der Waals surface area contributed by atoms with Gasteiger partial charge in [0.1, 0.15) is 5.82 Å². The minimum atomic E-state index is -1.01. The van der Waals surface area contributed by atoms with E-state index in [1.54, 1.807) is 30.5 Å². The quantitative estimate of drug-likeness (QED) is 0.729. The van der Waals surface area contributed by atoms with Crippen molar-refractivity contribution < 1.29 is 14.3 Å². The number of aromatic nitrogens is 2. The van der Waals surface area contributed by atoms with Gasteiger partial charge in [0.05, 0.1) is 16.6 Å². The number of hydrogen-bond donors (Lipinski definition) is 2. The molecule has 5 nitrogen and oxygen atoms in total. The van der Waals surface area contributed by atoms with Gasteiger partial charge in [0.2, 0.25) is 11.9 Å². The smallest absolute Gasteiger partial charge is 0.229 e. The van der Waals surface area contributed by atoms with Crippen LogP contribution in [0.15, 0.2) is 42.5 Å². The molecule has 6 heteroatoms. The Balaban J connectivity index is 1.86. The van der Waals surface area contributed by atoms with Crippen LogP contribution in [0.2, 0.25) is 0 Å². The number of aliphatic hydroxyl groups is 1. The Bertz CT molecular complexity index is 999. The molecular formula is C21H22FN3O2. The largest absolute Gasteiger partial charge is 0.386 e. The molecule has 1 fully saturated rings. The monoisotopic (exact) mass is 367 g/mol. The number of hydrogen-bond acceptors (Lipinski definition) is 3. The Morgan fingerprint density at radius 3 is 2.52 bits per heavy atom. The van der Waals surface area contributed by atoms with Crippen LogP contribution in [0.3, 0.4) is 0 Å². The number of fused-ring (bicyclic) bond motifs is 1. The first kappa shape index (κ1) is 17.7. The van der Waals surface area contributed by atoms with Crippen molar-refractivity contribution in [3.05, 3.63) is 53.8 Å². The van der Waals surface area contributed by atoms with Crippen LogP contribution in [0.5, 0.6) is 0 Å². The summed E-state index contributed by atoms with van der Waals surface area (Å²) in [6, 6.07) is 11.5. The summed E-state index contributed by atoms with van der Waals surface area (Å²) >= 11 is 0. The zero-order valence-electron chi connectivity index (χ0n) is 15.4. The topological polar surface area (TPSA) is 67.2 Å². The number of carbonyl (C=O) groups is 1. The van der Waals surface area contributed by atoms with E-state index in [1.165, 1.54) is 12.1 Å². The normalized spacial score (nSPS) is 15.0. The Morgan fingerprint density at radius 2 is 1.93 bits per heavy atom. The van der Waals surface area contributed by atoms with Crippen LogP contribution in [0.4, 0.5) is 10.3 Å². The fourth-order valence-electron chi connectivity index (χ4n) is 3.27. The van der Waals surface area contributed by atoms with Crippen LogP contribution in [0.1, 0.15) is 38.7 Å². The number of halogens is 1. The fourth-order valence-corrected chi connectivity index (χ4v) is 3.27. The van der Waals surface area contributed by atoms with Gasteiger partial charge in [-0.25, -0.2) is 9.37 Å². The Hall–Kier alpha value is -2.73. The second-order valence-corrected chi connectivity index (χ2v) is 7.63. The maximum atomic E-state index is 13.4. The van der Waals surface area contributed by atoms with Gasteiger partial charge in [-0.15, -0.1) is 0 Å². The predicted molar refractivity (Wildman–Crippen MR) is 102 cm³/mol. The summed E-state index contributed by atoms with van der Waals surface area (Å²) in [5, 5.41) is 13.3. The third-order valence-electron chi connectivity index (χ3n) is 5.16. The highest BCUT2D eigenvalue weighted by Crippen LogP contribution is 2.31. The molecular weight excluding hydrogens is 345 g/mol. The van der Waals surface area contributed by atoms with Crippen LogP contribution in [-0.4, -0.2) is 20.6 Å². The molecule has 1 amide bonds. The number of carbonyl (C=O) groups excluding carboxylic acids is 1. The maximum Gasteiger partial charge on any atom is 0.229 e. The van der Waals surface area contributed by atoms with Gasteiger partial charge in [0, 0.05) is 11.6 Å². The van der Waals surface area contributed by atoms with E-state index >= 15 is 0 Å². The molecule has 0 saturated heterocycles. The van der Waals surface area contributed by atoms with E-state index in [-0.39, 0.29) is 17.6 Å². The van der Waals surface area contributed by atoms with E-state index < -0.39 is 5.60 Å². The zero-order valence-corrected chi connectivity index (χ0v) is 15.4. The SMILES string of the molecule is CC(C)(O)c1ccc2nc(NC(=O)C3CCC3)n(-c3ccc(F)cc3)c2c1. The molecule has 2 aromatic carbocycles. The van der Waals surface area contributed by atoms with Crippen molar-refractivity contribution in [1.82, 2.24) is 9.55 Å². The second-order valence-electron chi connectivity index (χ2n) is 7.63. The number of nitrogens with zero attached hydrogens (tertiary/aromatic N) is 2. The van der Waals surface area contributed by atoms with Crippen molar-refractivity contribution in [2.75, 3.05) is 5.32 Å². The molecule has 1 aromatic heterocycles. The summed E-state index contributed by atoms with van der Waals surface area (Å²) in [6.07, 6.45) is 2.86. The van der Waals surface area contributed by atoms with Crippen LogP contribution in [0.25, 0.3) is 16.7 Å². The number of anilines is 1. The third kappa shape index (κ3) is 3.32. The highest BCUT2D eigenvalue weighted by molar-refractivity contribution is 5.94. The lowest BCUT2D eigenvalue weighted by Crippen LogP contribution is -2.29. The summed E-state index contributed by atoms with van der Waals surface area (Å²) in [7, 11) is 0. The fraction of sp³-hybridized carbons (Fsp3) is 0.333. The molecule has 0 radical (unpaired) electrons. The van der Waals surface area contributed by atoms with Crippen LogP contribution in [-0.2, 0) is 10.4 Å². The molecule has 0 bridgehead atoms. The molecule has 0 aliphatic heterocycles. The predicted octanol–water partition coefficient (Wildman–Crippen LogP) is 4.13. The van der Waals surface area contributed by atoms with Crippen molar-refractivity contribution in [2.45, 2.75) is 38.7 Å². The summed E-state index contributed by atoms with van der Waals surface area (Å²) in [6.45, 7) is 3.43. The van der Waals surface area contributed by atoms with Gasteiger partial charge >= 0.3 is 0 Å². The number of nitrogens with one attached hydrogen (secondary N) is 1. The number of imidazole rings is 1. The first-order valence-corrected chi connectivity index (χ1v) is 9.15. The molecule has 1 saturated carbocycles. The molecule has 1 aliphatic carbocycles. The van der Waals surface area contributed by atoms with E-state index in [0.29, 0.717) is 17.2 Å². The Kier molecular flexibility index (Phi) is 4.23. The van der Waals surface area contributed by atoms with Crippen LogP contribution >= 0.6 is 0 Å². The van der Waals surface area contributed by atoms with Crippen LogP contribution in [0, 0.1) is 11.7 Å². The average molecular weight is 367 g/mol. The number of rotatable bonds is 4. The maximum absolute atomic E-state index is 13.4. The van der Waals surface area contributed by atoms with Crippen molar-refractivity contribution in [3.8, 4) is 5.69 Å². The molecule has 0 spiro atoms. The lowest BCUT2D eigenvalue weighted by atomic mass is 9.85. The van der Waals surface area contributed by atoms with Crippen molar-refractivity contribution in [2.24, 2.45) is 5.92 Å². The standard InChI is InChI=1S/C21H22FN3O2/c1-21(2,27)14-6-11-17-18(12-14)25(16-9-7-15(22)8-10-16)20(23-17)24-19(26)13-4-3-5-13/h6-13,27H,3-5H2,1-2H3,(H,23,24,26). The molecule has 0 unspecified atom stereocenters. The van der Waals surface area contributed by atoms with Gasteiger partial charge in [-0.3, -0.25) is 14.7 Å². The second kappa shape index (κ2) is 6.46. The van der Waals surface area contributed by atoms with E-state index in [1.807, 2.05) is 18.2 Å². The van der Waals surface area contributed by atoms with E-state index in [0.717, 1.165) is 30.3 Å². The molecule has 27 heavy (non-hydrogen) atoms. The molecule has 1 heterocycles. The average Bonchev–Trinajstić information content (AvgIpc) is 2.90. The van der Waals surface area contributed by atoms with Crippen molar-refractivity contribution in [3.63, 3.8) is 0 Å². The van der Waals surface area contributed by atoms with Crippen molar-refractivity contribution >= 4 is 22.9 Å². The minimum Gasteiger partial charge on any atom is -0.386 e. The highest BCUT2D eigenvalue weighted by Gasteiger charge is 2.27. The molecule has 2 N–H and O–H groups in total. The first-order chi connectivity index (χ1) is 12.8. The number of amides is 1. The summed E-state index contributed by atoms with van der Waals surface area (Å²) < 4.78 is 15.2. The van der Waals surface area contributed by atoms with Gasteiger partial charge < -0.3 is 5.11 Å². The van der Waals surface area contributed by atoms with Gasteiger partial charge in [0.25, 0.3) is 0 Å². The summed E-state index contributed by atoms with van der Waals surface area (Å²) in [5.41, 5.74) is 1.84. The minimum absolute atomic E-state index is 0.0263. The highest BCUT2D eigenvalue weighted by atomic mass is 19.1. The van der Waals surface area contributed by atoms with E-state index in [9.17, 15) is 14.3 Å². The molecule has 0 atom stereocenters. The molecule has 4 rings (SSSR count). The third-order valence-corrected chi connectivity index (χ3v) is 5.16. The van der Waals surface area contributed by atoms with Crippen molar-refractivity contribution in [1.29, 1.82) is 0 Å². The lowest BCUT2D eigenvalue weighted by Gasteiger charge is -2.24. The van der Waals surface area contributed by atoms with E-state index in [2.05, 4.69) is 10.3 Å². The zero-order chi connectivity index (χ0) is 19.2. The van der Waals surface area contributed by atoms with E-state index in [4.69, 9.17) is 0 Å². The van der Waals surface area contributed by atoms with Gasteiger partial charge in [-0.2, -0.15) is 0 Å².